The van der Waals surface area contributed by atoms with Gasteiger partial charge in [-0.05, 0) is 42.3 Å². The highest BCUT2D eigenvalue weighted by atomic mass is 32.2. The summed E-state index contributed by atoms with van der Waals surface area (Å²) in [6.45, 7) is 1.59. The number of carboxylic acids is 1. The van der Waals surface area contributed by atoms with Crippen molar-refractivity contribution in [3.63, 3.8) is 0 Å². The first-order valence-corrected chi connectivity index (χ1v) is 7.76. The Kier molecular flexibility index (Phi) is 4.09. The van der Waals surface area contributed by atoms with Crippen LogP contribution in [-0.4, -0.2) is 19.5 Å². The normalized spacial score (nSPS) is 11.3. The molecule has 1 N–H and O–H groups in total. The largest absolute Gasteiger partial charge is 0.478 e. The van der Waals surface area contributed by atoms with Gasteiger partial charge in [-0.1, -0.05) is 18.2 Å². The van der Waals surface area contributed by atoms with Gasteiger partial charge in [0.2, 0.25) is 0 Å². The first-order valence-electron chi connectivity index (χ1n) is 6.11. The average Bonchev–Trinajstić information content (AvgIpc) is 2.38. The molecular weight excluding hydrogens is 295 g/mol. The second-order valence-corrected chi connectivity index (χ2v) is 6.63. The maximum Gasteiger partial charge on any atom is 0.335 e. The van der Waals surface area contributed by atoms with E-state index in [2.05, 4.69) is 0 Å². The molecule has 2 rings (SSSR count). The van der Waals surface area contributed by atoms with Gasteiger partial charge in [0.15, 0.2) is 9.84 Å². The van der Waals surface area contributed by atoms with Crippen LogP contribution in [0.5, 0.6) is 0 Å². The standard InChI is InChI=1S/C15H13FO4S/c1-10-5-6-12(15(17)18)8-14(10)21(19,20)9-11-3-2-4-13(16)7-11/h2-8H,9H2,1H3,(H,17,18). The molecule has 0 aliphatic rings. The summed E-state index contributed by atoms with van der Waals surface area (Å²) >= 11 is 0. The number of rotatable bonds is 4. The van der Waals surface area contributed by atoms with Crippen LogP contribution in [-0.2, 0) is 15.6 Å². The number of aromatic carboxylic acids is 1. The van der Waals surface area contributed by atoms with Crippen LogP contribution in [0, 0.1) is 12.7 Å². The number of benzene rings is 2. The molecule has 0 fully saturated rings. The summed E-state index contributed by atoms with van der Waals surface area (Å²) in [6, 6.07) is 9.24. The molecule has 0 aliphatic heterocycles. The van der Waals surface area contributed by atoms with E-state index >= 15 is 0 Å². The summed E-state index contributed by atoms with van der Waals surface area (Å²) in [5.74, 6) is -2.09. The lowest BCUT2D eigenvalue weighted by atomic mass is 10.1. The molecule has 6 heteroatoms. The fourth-order valence-corrected chi connectivity index (χ4v) is 3.63. The molecule has 0 atom stereocenters. The number of carboxylic acid groups (broad SMARTS) is 1. The van der Waals surface area contributed by atoms with Gasteiger partial charge in [-0.3, -0.25) is 0 Å². The van der Waals surface area contributed by atoms with Crippen molar-refractivity contribution in [1.29, 1.82) is 0 Å². The van der Waals surface area contributed by atoms with E-state index in [1.807, 2.05) is 0 Å². The predicted molar refractivity (Wildman–Crippen MR) is 75.4 cm³/mol. The zero-order valence-corrected chi connectivity index (χ0v) is 12.0. The van der Waals surface area contributed by atoms with Gasteiger partial charge in [-0.2, -0.15) is 0 Å². The molecule has 2 aromatic rings. The molecule has 0 unspecified atom stereocenters. The molecule has 21 heavy (non-hydrogen) atoms. The molecule has 0 radical (unpaired) electrons. The number of hydrogen-bond donors (Lipinski definition) is 1. The van der Waals surface area contributed by atoms with Crippen LogP contribution in [0.4, 0.5) is 4.39 Å². The Labute approximate surface area is 121 Å². The van der Waals surface area contributed by atoms with Gasteiger partial charge in [0.1, 0.15) is 5.82 Å². The molecule has 4 nitrogen and oxygen atoms in total. The van der Waals surface area contributed by atoms with E-state index in [0.29, 0.717) is 11.1 Å². The fourth-order valence-electron chi connectivity index (χ4n) is 1.99. The third-order valence-corrected chi connectivity index (χ3v) is 4.84. The summed E-state index contributed by atoms with van der Waals surface area (Å²) in [7, 11) is -3.75. The molecule has 0 aliphatic carbocycles. The molecule has 0 aromatic heterocycles. The molecule has 0 amide bonds. The second-order valence-electron chi connectivity index (χ2n) is 4.67. The lowest BCUT2D eigenvalue weighted by Crippen LogP contribution is -2.09. The van der Waals surface area contributed by atoms with Gasteiger partial charge >= 0.3 is 5.97 Å². The monoisotopic (exact) mass is 308 g/mol. The fraction of sp³-hybridized carbons (Fsp3) is 0.133. The average molecular weight is 308 g/mol. The van der Waals surface area contributed by atoms with Crippen molar-refractivity contribution in [3.8, 4) is 0 Å². The Balaban J connectivity index is 2.44. The molecule has 110 valence electrons. The summed E-state index contributed by atoms with van der Waals surface area (Å²) < 4.78 is 37.9. The third kappa shape index (κ3) is 3.46. The van der Waals surface area contributed by atoms with Crippen molar-refractivity contribution in [2.75, 3.05) is 0 Å². The highest BCUT2D eigenvalue weighted by Crippen LogP contribution is 2.22. The number of carbonyl (C=O) groups is 1. The number of hydrogen-bond acceptors (Lipinski definition) is 3. The van der Waals surface area contributed by atoms with Gasteiger partial charge in [-0.15, -0.1) is 0 Å². The van der Waals surface area contributed by atoms with Crippen molar-refractivity contribution < 1.29 is 22.7 Å². The van der Waals surface area contributed by atoms with Gasteiger partial charge in [0.25, 0.3) is 0 Å². The van der Waals surface area contributed by atoms with E-state index in [9.17, 15) is 17.6 Å². The van der Waals surface area contributed by atoms with Crippen molar-refractivity contribution in [3.05, 3.63) is 65.0 Å². The summed E-state index contributed by atoms with van der Waals surface area (Å²) in [4.78, 5) is 10.9. The molecule has 0 saturated heterocycles. The van der Waals surface area contributed by atoms with Crippen LogP contribution in [0.3, 0.4) is 0 Å². The zero-order chi connectivity index (χ0) is 15.6. The van der Waals surface area contributed by atoms with Crippen molar-refractivity contribution >= 4 is 15.8 Å². The van der Waals surface area contributed by atoms with E-state index < -0.39 is 21.6 Å². The molecule has 2 aromatic carbocycles. The Morgan fingerprint density at radius 3 is 2.52 bits per heavy atom. The maximum atomic E-state index is 13.1. The third-order valence-electron chi connectivity index (χ3n) is 3.02. The Bertz CT molecular complexity index is 797. The zero-order valence-electron chi connectivity index (χ0n) is 11.2. The van der Waals surface area contributed by atoms with Gasteiger partial charge in [-0.25, -0.2) is 17.6 Å². The minimum Gasteiger partial charge on any atom is -0.478 e. The van der Waals surface area contributed by atoms with E-state index in [1.165, 1.54) is 30.3 Å². The summed E-state index contributed by atoms with van der Waals surface area (Å²) in [6.07, 6.45) is 0. The number of halogens is 1. The second kappa shape index (κ2) is 5.65. The highest BCUT2D eigenvalue weighted by molar-refractivity contribution is 7.90. The van der Waals surface area contributed by atoms with Crippen molar-refractivity contribution in [1.82, 2.24) is 0 Å². The molecular formula is C15H13FO4S. The summed E-state index contributed by atoms with van der Waals surface area (Å²) in [5.41, 5.74) is 0.671. The topological polar surface area (TPSA) is 71.4 Å². The Morgan fingerprint density at radius 1 is 1.19 bits per heavy atom. The SMILES string of the molecule is Cc1ccc(C(=O)O)cc1S(=O)(=O)Cc1cccc(F)c1. The Hall–Kier alpha value is -2.21. The van der Waals surface area contributed by atoms with Crippen molar-refractivity contribution in [2.45, 2.75) is 17.6 Å². The first kappa shape index (κ1) is 15.2. The van der Waals surface area contributed by atoms with Gasteiger partial charge in [0, 0.05) is 0 Å². The van der Waals surface area contributed by atoms with Gasteiger partial charge in [0.05, 0.1) is 16.2 Å². The molecule has 0 bridgehead atoms. The highest BCUT2D eigenvalue weighted by Gasteiger charge is 2.20. The van der Waals surface area contributed by atoms with E-state index in [1.54, 1.807) is 6.92 Å². The lowest BCUT2D eigenvalue weighted by molar-refractivity contribution is 0.0696. The molecule has 0 spiro atoms. The quantitative estimate of drug-likeness (QED) is 0.942. The van der Waals surface area contributed by atoms with Crippen LogP contribution < -0.4 is 0 Å². The number of sulfone groups is 1. The molecule has 0 saturated carbocycles. The smallest absolute Gasteiger partial charge is 0.335 e. The summed E-state index contributed by atoms with van der Waals surface area (Å²) in [5, 5.41) is 8.95. The minimum absolute atomic E-state index is 0.0494. The van der Waals surface area contributed by atoms with Crippen LogP contribution in [0.25, 0.3) is 0 Å². The first-order chi connectivity index (χ1) is 9.79. The van der Waals surface area contributed by atoms with E-state index in [0.717, 1.165) is 12.1 Å². The van der Waals surface area contributed by atoms with Crippen LogP contribution in [0.1, 0.15) is 21.5 Å². The van der Waals surface area contributed by atoms with Crippen molar-refractivity contribution in [2.24, 2.45) is 0 Å². The Morgan fingerprint density at radius 2 is 1.90 bits per heavy atom. The lowest BCUT2D eigenvalue weighted by Gasteiger charge is -2.09. The van der Waals surface area contributed by atoms with Crippen LogP contribution in [0.2, 0.25) is 0 Å². The van der Waals surface area contributed by atoms with E-state index in [-0.39, 0.29) is 16.2 Å². The number of aryl methyl sites for hydroxylation is 1. The van der Waals surface area contributed by atoms with Crippen LogP contribution >= 0.6 is 0 Å². The van der Waals surface area contributed by atoms with Gasteiger partial charge < -0.3 is 5.11 Å². The maximum absolute atomic E-state index is 13.1. The molecule has 0 heterocycles. The van der Waals surface area contributed by atoms with E-state index in [4.69, 9.17) is 5.11 Å². The minimum atomic E-state index is -3.75. The predicted octanol–water partition coefficient (Wildman–Crippen LogP) is 2.81. The van der Waals surface area contributed by atoms with Crippen LogP contribution in [0.15, 0.2) is 47.4 Å².